The second kappa shape index (κ2) is 5.19. The SMILES string of the molecule is Nc1ccc(CS(=O)(=O)NCc2cn[nH]c2)cc1. The van der Waals surface area contributed by atoms with Gasteiger partial charge in [0.05, 0.1) is 11.9 Å². The molecular formula is C11H14N4O2S. The number of benzene rings is 1. The molecule has 4 N–H and O–H groups in total. The highest BCUT2D eigenvalue weighted by molar-refractivity contribution is 7.88. The summed E-state index contributed by atoms with van der Waals surface area (Å²) < 4.78 is 26.1. The van der Waals surface area contributed by atoms with E-state index in [4.69, 9.17) is 5.73 Å². The Morgan fingerprint density at radius 1 is 1.22 bits per heavy atom. The molecule has 18 heavy (non-hydrogen) atoms. The average molecular weight is 266 g/mol. The fourth-order valence-electron chi connectivity index (χ4n) is 1.45. The molecule has 96 valence electrons. The van der Waals surface area contributed by atoms with Crippen molar-refractivity contribution in [3.05, 3.63) is 47.8 Å². The Kier molecular flexibility index (Phi) is 3.63. The number of nitrogens with two attached hydrogens (primary N) is 1. The van der Waals surface area contributed by atoms with E-state index in [0.29, 0.717) is 11.3 Å². The van der Waals surface area contributed by atoms with Crippen molar-refractivity contribution in [3.8, 4) is 0 Å². The van der Waals surface area contributed by atoms with Gasteiger partial charge in [-0.2, -0.15) is 5.10 Å². The molecule has 2 rings (SSSR count). The van der Waals surface area contributed by atoms with Crippen LogP contribution in [0.5, 0.6) is 0 Å². The van der Waals surface area contributed by atoms with Gasteiger partial charge in [-0.15, -0.1) is 0 Å². The summed E-state index contributed by atoms with van der Waals surface area (Å²) in [5, 5.41) is 6.37. The molecule has 6 nitrogen and oxygen atoms in total. The second-order valence-corrected chi connectivity index (χ2v) is 5.74. The zero-order valence-electron chi connectivity index (χ0n) is 9.63. The maximum absolute atomic E-state index is 11.8. The molecule has 0 saturated heterocycles. The van der Waals surface area contributed by atoms with Gasteiger partial charge in [-0.25, -0.2) is 13.1 Å². The van der Waals surface area contributed by atoms with Crippen LogP contribution in [0.3, 0.4) is 0 Å². The first-order valence-electron chi connectivity index (χ1n) is 5.34. The van der Waals surface area contributed by atoms with Gasteiger partial charge in [-0.3, -0.25) is 5.10 Å². The molecule has 1 heterocycles. The van der Waals surface area contributed by atoms with Crippen molar-refractivity contribution in [3.63, 3.8) is 0 Å². The van der Waals surface area contributed by atoms with Gasteiger partial charge in [-0.1, -0.05) is 12.1 Å². The summed E-state index contributed by atoms with van der Waals surface area (Å²) in [5.41, 5.74) is 7.64. The van der Waals surface area contributed by atoms with Crippen LogP contribution in [0.4, 0.5) is 5.69 Å². The number of nitrogens with zero attached hydrogens (tertiary/aromatic N) is 1. The van der Waals surface area contributed by atoms with Crippen molar-refractivity contribution >= 4 is 15.7 Å². The van der Waals surface area contributed by atoms with Gasteiger partial charge < -0.3 is 5.73 Å². The van der Waals surface area contributed by atoms with Crippen LogP contribution in [0.1, 0.15) is 11.1 Å². The van der Waals surface area contributed by atoms with Gasteiger partial charge in [0.1, 0.15) is 0 Å². The first-order valence-corrected chi connectivity index (χ1v) is 7.00. The van der Waals surface area contributed by atoms with Gasteiger partial charge in [0, 0.05) is 24.0 Å². The van der Waals surface area contributed by atoms with Crippen molar-refractivity contribution in [2.45, 2.75) is 12.3 Å². The standard InChI is InChI=1S/C11H14N4O2S/c12-11-3-1-9(2-4-11)8-18(16,17)15-7-10-5-13-14-6-10/h1-6,15H,7-8,12H2,(H,13,14). The molecule has 2 aromatic rings. The van der Waals surface area contributed by atoms with Gasteiger partial charge in [-0.05, 0) is 17.7 Å². The third-order valence-corrected chi connectivity index (χ3v) is 3.69. The molecule has 0 aliphatic heterocycles. The molecular weight excluding hydrogens is 252 g/mol. The Labute approximate surface area is 105 Å². The van der Waals surface area contributed by atoms with E-state index < -0.39 is 10.0 Å². The normalized spacial score (nSPS) is 11.6. The number of hydrogen-bond donors (Lipinski definition) is 3. The van der Waals surface area contributed by atoms with Gasteiger partial charge >= 0.3 is 0 Å². The number of nitrogen functional groups attached to an aromatic ring is 1. The molecule has 0 radical (unpaired) electrons. The second-order valence-electron chi connectivity index (χ2n) is 3.93. The first kappa shape index (κ1) is 12.6. The summed E-state index contributed by atoms with van der Waals surface area (Å²) in [5.74, 6) is -0.0644. The largest absolute Gasteiger partial charge is 0.399 e. The smallest absolute Gasteiger partial charge is 0.216 e. The van der Waals surface area contributed by atoms with Crippen molar-refractivity contribution in [1.29, 1.82) is 0 Å². The zero-order valence-corrected chi connectivity index (χ0v) is 10.4. The lowest BCUT2D eigenvalue weighted by Crippen LogP contribution is -2.24. The summed E-state index contributed by atoms with van der Waals surface area (Å²) in [4.78, 5) is 0. The number of aromatic nitrogens is 2. The molecule has 0 aliphatic rings. The Hall–Kier alpha value is -1.86. The zero-order chi connectivity index (χ0) is 13.0. The van der Waals surface area contributed by atoms with Crippen LogP contribution in [-0.2, 0) is 22.3 Å². The Morgan fingerprint density at radius 2 is 1.94 bits per heavy atom. The summed E-state index contributed by atoms with van der Waals surface area (Å²) in [6.07, 6.45) is 3.22. The molecule has 0 aliphatic carbocycles. The van der Waals surface area contributed by atoms with E-state index in [2.05, 4.69) is 14.9 Å². The van der Waals surface area contributed by atoms with Crippen LogP contribution in [0.2, 0.25) is 0 Å². The van der Waals surface area contributed by atoms with E-state index >= 15 is 0 Å². The molecule has 1 aromatic carbocycles. The Balaban J connectivity index is 1.97. The van der Waals surface area contributed by atoms with E-state index in [1.807, 2.05) is 0 Å². The minimum Gasteiger partial charge on any atom is -0.399 e. The maximum atomic E-state index is 11.8. The molecule has 0 spiro atoms. The number of sulfonamides is 1. The van der Waals surface area contributed by atoms with Crippen LogP contribution in [0.15, 0.2) is 36.7 Å². The van der Waals surface area contributed by atoms with Gasteiger partial charge in [0.2, 0.25) is 10.0 Å². The van der Waals surface area contributed by atoms with Crippen LogP contribution in [0.25, 0.3) is 0 Å². The fraction of sp³-hybridized carbons (Fsp3) is 0.182. The molecule has 0 amide bonds. The molecule has 0 bridgehead atoms. The fourth-order valence-corrected chi connectivity index (χ4v) is 2.57. The van der Waals surface area contributed by atoms with E-state index in [9.17, 15) is 8.42 Å². The van der Waals surface area contributed by atoms with Crippen LogP contribution in [-0.4, -0.2) is 18.6 Å². The van der Waals surface area contributed by atoms with Gasteiger partial charge in [0.25, 0.3) is 0 Å². The molecule has 0 atom stereocenters. The highest BCUT2D eigenvalue weighted by Crippen LogP contribution is 2.09. The number of anilines is 1. The number of H-pyrrole nitrogens is 1. The number of rotatable bonds is 5. The summed E-state index contributed by atoms with van der Waals surface area (Å²) >= 11 is 0. The molecule has 0 fully saturated rings. The lowest BCUT2D eigenvalue weighted by molar-refractivity contribution is 0.580. The average Bonchev–Trinajstić information content (AvgIpc) is 2.83. The minimum atomic E-state index is -3.36. The highest BCUT2D eigenvalue weighted by Gasteiger charge is 2.11. The van der Waals surface area contributed by atoms with Crippen LogP contribution in [0, 0.1) is 0 Å². The molecule has 1 aromatic heterocycles. The molecule has 0 unspecified atom stereocenters. The lowest BCUT2D eigenvalue weighted by Gasteiger charge is -2.05. The predicted octanol–water partition coefficient (Wildman–Crippen LogP) is 0.611. The van der Waals surface area contributed by atoms with Crippen LogP contribution < -0.4 is 10.5 Å². The third kappa shape index (κ3) is 3.57. The van der Waals surface area contributed by atoms with Crippen molar-refractivity contribution in [2.75, 3.05) is 5.73 Å². The van der Waals surface area contributed by atoms with Crippen molar-refractivity contribution in [2.24, 2.45) is 0 Å². The summed E-state index contributed by atoms with van der Waals surface area (Å²) in [7, 11) is -3.36. The minimum absolute atomic E-state index is 0.0644. The third-order valence-electron chi connectivity index (χ3n) is 2.39. The summed E-state index contributed by atoms with van der Waals surface area (Å²) in [6.45, 7) is 0.230. The Bertz CT molecular complexity index is 590. The molecule has 0 saturated carbocycles. The first-order chi connectivity index (χ1) is 8.55. The van der Waals surface area contributed by atoms with E-state index in [1.54, 1.807) is 36.7 Å². The molecule has 7 heteroatoms. The maximum Gasteiger partial charge on any atom is 0.216 e. The van der Waals surface area contributed by atoms with Gasteiger partial charge in [0.15, 0.2) is 0 Å². The number of aromatic amines is 1. The van der Waals surface area contributed by atoms with E-state index in [1.165, 1.54) is 0 Å². The van der Waals surface area contributed by atoms with E-state index in [-0.39, 0.29) is 12.3 Å². The van der Waals surface area contributed by atoms with E-state index in [0.717, 1.165) is 5.56 Å². The predicted molar refractivity (Wildman–Crippen MR) is 68.9 cm³/mol. The Morgan fingerprint density at radius 3 is 2.56 bits per heavy atom. The topological polar surface area (TPSA) is 101 Å². The van der Waals surface area contributed by atoms with Crippen LogP contribution >= 0.6 is 0 Å². The summed E-state index contributed by atoms with van der Waals surface area (Å²) in [6, 6.07) is 6.76. The number of nitrogens with one attached hydrogen (secondary N) is 2. The quantitative estimate of drug-likeness (QED) is 0.690. The lowest BCUT2D eigenvalue weighted by atomic mass is 10.2. The number of hydrogen-bond acceptors (Lipinski definition) is 4. The van der Waals surface area contributed by atoms with Crippen molar-refractivity contribution < 1.29 is 8.42 Å². The van der Waals surface area contributed by atoms with Crippen molar-refractivity contribution in [1.82, 2.24) is 14.9 Å². The highest BCUT2D eigenvalue weighted by atomic mass is 32.2. The monoisotopic (exact) mass is 266 g/mol.